The molecule has 10 heavy (non-hydrogen) atoms. The predicted molar refractivity (Wildman–Crippen MR) is 44.4 cm³/mol. The van der Waals surface area contributed by atoms with Gasteiger partial charge in [0.15, 0.2) is 0 Å². The molecule has 0 aromatic carbocycles. The highest BCUT2D eigenvalue weighted by atomic mass is 35.5. The second kappa shape index (κ2) is 2.41. The summed E-state index contributed by atoms with van der Waals surface area (Å²) in [5, 5.41) is 0.523. The fourth-order valence-electron chi connectivity index (χ4n) is 2.74. The highest BCUT2D eigenvalue weighted by Gasteiger charge is 2.43. The van der Waals surface area contributed by atoms with Gasteiger partial charge in [-0.1, -0.05) is 19.3 Å². The monoisotopic (exact) mass is 158 g/mol. The Kier molecular flexibility index (Phi) is 1.68. The molecule has 2 saturated carbocycles. The summed E-state index contributed by atoms with van der Waals surface area (Å²) in [7, 11) is 0. The van der Waals surface area contributed by atoms with Gasteiger partial charge in [-0.15, -0.1) is 11.6 Å². The first-order valence-corrected chi connectivity index (χ1v) is 4.91. The van der Waals surface area contributed by atoms with Crippen LogP contribution in [0.3, 0.4) is 0 Å². The van der Waals surface area contributed by atoms with Crippen LogP contribution in [-0.4, -0.2) is 5.38 Å². The van der Waals surface area contributed by atoms with Gasteiger partial charge in [0.2, 0.25) is 0 Å². The van der Waals surface area contributed by atoms with Crippen LogP contribution in [0.1, 0.15) is 44.9 Å². The number of alkyl halides is 1. The lowest BCUT2D eigenvalue weighted by atomic mass is 9.84. The van der Waals surface area contributed by atoms with E-state index >= 15 is 0 Å². The van der Waals surface area contributed by atoms with E-state index in [4.69, 9.17) is 11.6 Å². The summed E-state index contributed by atoms with van der Waals surface area (Å²) in [6, 6.07) is 0. The van der Waals surface area contributed by atoms with Crippen LogP contribution < -0.4 is 0 Å². The molecule has 2 aliphatic carbocycles. The van der Waals surface area contributed by atoms with Crippen LogP contribution in [0.5, 0.6) is 0 Å². The highest BCUT2D eigenvalue weighted by molar-refractivity contribution is 6.21. The van der Waals surface area contributed by atoms with Crippen LogP contribution >= 0.6 is 11.6 Å². The van der Waals surface area contributed by atoms with Gasteiger partial charge < -0.3 is 0 Å². The second-order valence-electron chi connectivity index (χ2n) is 3.93. The van der Waals surface area contributed by atoms with E-state index in [1.54, 1.807) is 0 Å². The molecule has 0 aromatic heterocycles. The average molecular weight is 159 g/mol. The summed E-state index contributed by atoms with van der Waals surface area (Å²) in [5.41, 5.74) is 0.613. The molecule has 58 valence electrons. The normalized spacial score (nSPS) is 37.5. The quantitative estimate of drug-likeness (QED) is 0.475. The van der Waals surface area contributed by atoms with E-state index in [0.717, 1.165) is 0 Å². The minimum atomic E-state index is 0.523. The average Bonchev–Trinajstić information content (AvgIpc) is 2.48. The van der Waals surface area contributed by atoms with Crippen LogP contribution in [-0.2, 0) is 0 Å². The van der Waals surface area contributed by atoms with Gasteiger partial charge in [0.1, 0.15) is 0 Å². The fourth-order valence-corrected chi connectivity index (χ4v) is 3.22. The van der Waals surface area contributed by atoms with Crippen molar-refractivity contribution in [2.24, 2.45) is 5.41 Å². The lowest BCUT2D eigenvalue weighted by Crippen LogP contribution is -2.21. The first-order valence-electron chi connectivity index (χ1n) is 4.48. The van der Waals surface area contributed by atoms with E-state index in [-0.39, 0.29) is 0 Å². The molecule has 1 atom stereocenters. The Morgan fingerprint density at radius 3 is 2.10 bits per heavy atom. The summed E-state index contributed by atoms with van der Waals surface area (Å²) < 4.78 is 0. The first-order chi connectivity index (χ1) is 4.83. The maximum Gasteiger partial charge on any atom is 0.0392 e. The SMILES string of the molecule is ClC1CCCC12CCCC2. The molecule has 0 aliphatic heterocycles. The molecule has 1 heteroatoms. The number of halogens is 1. The van der Waals surface area contributed by atoms with E-state index in [2.05, 4.69) is 0 Å². The third-order valence-corrected chi connectivity index (χ3v) is 4.08. The van der Waals surface area contributed by atoms with Crippen molar-refractivity contribution in [1.29, 1.82) is 0 Å². The molecule has 0 nitrogen and oxygen atoms in total. The van der Waals surface area contributed by atoms with Crippen LogP contribution in [0.25, 0.3) is 0 Å². The topological polar surface area (TPSA) is 0 Å². The Morgan fingerprint density at radius 2 is 1.60 bits per heavy atom. The minimum absolute atomic E-state index is 0.523. The summed E-state index contributed by atoms with van der Waals surface area (Å²) >= 11 is 6.28. The minimum Gasteiger partial charge on any atom is -0.122 e. The molecule has 2 rings (SSSR count). The van der Waals surface area contributed by atoms with Crippen molar-refractivity contribution >= 4 is 11.6 Å². The molecular formula is C9H15Cl. The van der Waals surface area contributed by atoms with Crippen LogP contribution in [0.4, 0.5) is 0 Å². The maximum absolute atomic E-state index is 6.28. The van der Waals surface area contributed by atoms with Gasteiger partial charge in [0, 0.05) is 5.38 Å². The third-order valence-electron chi connectivity index (χ3n) is 3.40. The number of hydrogen-bond donors (Lipinski definition) is 0. The van der Waals surface area contributed by atoms with E-state index < -0.39 is 0 Å². The van der Waals surface area contributed by atoms with Gasteiger partial charge in [-0.25, -0.2) is 0 Å². The molecule has 0 bridgehead atoms. The molecule has 2 fully saturated rings. The molecule has 0 heterocycles. The van der Waals surface area contributed by atoms with E-state index in [0.29, 0.717) is 10.8 Å². The lowest BCUT2D eigenvalue weighted by molar-refractivity contribution is 0.315. The largest absolute Gasteiger partial charge is 0.122 e. The Labute approximate surface area is 68.0 Å². The zero-order chi connectivity index (χ0) is 7.03. The highest BCUT2D eigenvalue weighted by Crippen LogP contribution is 2.52. The molecule has 0 radical (unpaired) electrons. The van der Waals surface area contributed by atoms with E-state index in [9.17, 15) is 0 Å². The summed E-state index contributed by atoms with van der Waals surface area (Å²) in [4.78, 5) is 0. The van der Waals surface area contributed by atoms with Crippen LogP contribution in [0.2, 0.25) is 0 Å². The standard InChI is InChI=1S/C9H15Cl/c10-8-4-3-7-9(8)5-1-2-6-9/h8H,1-7H2. The number of rotatable bonds is 0. The van der Waals surface area contributed by atoms with Crippen molar-refractivity contribution in [2.45, 2.75) is 50.3 Å². The van der Waals surface area contributed by atoms with Crippen molar-refractivity contribution < 1.29 is 0 Å². The molecule has 2 aliphatic rings. The van der Waals surface area contributed by atoms with Gasteiger partial charge in [-0.2, -0.15) is 0 Å². The molecule has 0 amide bonds. The lowest BCUT2D eigenvalue weighted by Gasteiger charge is -2.26. The van der Waals surface area contributed by atoms with Gasteiger partial charge >= 0.3 is 0 Å². The van der Waals surface area contributed by atoms with Gasteiger partial charge in [0.25, 0.3) is 0 Å². The fraction of sp³-hybridized carbons (Fsp3) is 1.00. The molecule has 0 aromatic rings. The Morgan fingerprint density at radius 1 is 1.00 bits per heavy atom. The zero-order valence-corrected chi connectivity index (χ0v) is 7.16. The van der Waals surface area contributed by atoms with Crippen LogP contribution in [0.15, 0.2) is 0 Å². The predicted octanol–water partition coefficient (Wildman–Crippen LogP) is 3.34. The summed E-state index contributed by atoms with van der Waals surface area (Å²) in [6.07, 6.45) is 9.78. The first kappa shape index (κ1) is 6.97. The van der Waals surface area contributed by atoms with E-state index in [1.165, 1.54) is 44.9 Å². The number of hydrogen-bond acceptors (Lipinski definition) is 0. The third kappa shape index (κ3) is 0.887. The Hall–Kier alpha value is 0.290. The molecule has 0 N–H and O–H groups in total. The summed E-state index contributed by atoms with van der Waals surface area (Å²) in [6.45, 7) is 0. The van der Waals surface area contributed by atoms with Crippen molar-refractivity contribution in [3.05, 3.63) is 0 Å². The smallest absolute Gasteiger partial charge is 0.0392 e. The van der Waals surface area contributed by atoms with Gasteiger partial charge in [-0.3, -0.25) is 0 Å². The zero-order valence-electron chi connectivity index (χ0n) is 6.41. The molecule has 1 spiro atoms. The van der Waals surface area contributed by atoms with Gasteiger partial charge in [-0.05, 0) is 31.1 Å². The van der Waals surface area contributed by atoms with Gasteiger partial charge in [0.05, 0.1) is 0 Å². The Balaban J connectivity index is 2.11. The van der Waals surface area contributed by atoms with Crippen molar-refractivity contribution in [3.63, 3.8) is 0 Å². The van der Waals surface area contributed by atoms with Crippen LogP contribution in [0, 0.1) is 5.41 Å². The molecular weight excluding hydrogens is 144 g/mol. The molecule has 0 saturated heterocycles. The van der Waals surface area contributed by atoms with E-state index in [1.807, 2.05) is 0 Å². The van der Waals surface area contributed by atoms with Crippen molar-refractivity contribution in [2.75, 3.05) is 0 Å². The summed E-state index contributed by atoms with van der Waals surface area (Å²) in [5.74, 6) is 0. The maximum atomic E-state index is 6.28. The second-order valence-corrected chi connectivity index (χ2v) is 4.46. The Bertz CT molecular complexity index is 119. The van der Waals surface area contributed by atoms with Crippen molar-refractivity contribution in [1.82, 2.24) is 0 Å². The van der Waals surface area contributed by atoms with Crippen molar-refractivity contribution in [3.8, 4) is 0 Å². The molecule has 1 unspecified atom stereocenters.